The first-order valence-corrected chi connectivity index (χ1v) is 7.77. The smallest absolute Gasteiger partial charge is 0.122 e. The highest BCUT2D eigenvalue weighted by atomic mass is 16.3. The molecule has 3 unspecified atom stereocenters. The summed E-state index contributed by atoms with van der Waals surface area (Å²) in [7, 11) is 4.07. The van der Waals surface area contributed by atoms with E-state index in [0.29, 0.717) is 11.8 Å². The van der Waals surface area contributed by atoms with E-state index >= 15 is 0 Å². The van der Waals surface area contributed by atoms with Crippen LogP contribution in [-0.4, -0.2) is 25.2 Å². The molecule has 0 spiro atoms. The van der Waals surface area contributed by atoms with Crippen LogP contribution in [0.1, 0.15) is 51.1 Å². The monoisotopic (exact) mass is 276 g/mol. The predicted molar refractivity (Wildman–Crippen MR) is 85.4 cm³/mol. The van der Waals surface area contributed by atoms with Gasteiger partial charge in [-0.05, 0) is 38.8 Å². The first kappa shape index (κ1) is 15.2. The number of rotatable bonds is 4. The maximum absolute atomic E-state index is 10.2. The summed E-state index contributed by atoms with van der Waals surface area (Å²) in [5.41, 5.74) is 2.08. The van der Waals surface area contributed by atoms with Gasteiger partial charge in [0, 0.05) is 36.4 Å². The van der Waals surface area contributed by atoms with Gasteiger partial charge in [0.1, 0.15) is 5.75 Å². The zero-order chi connectivity index (χ0) is 14.7. The van der Waals surface area contributed by atoms with Crippen molar-refractivity contribution >= 4 is 5.69 Å². The lowest BCUT2D eigenvalue weighted by Crippen LogP contribution is -2.39. The molecule has 2 rings (SSSR count). The van der Waals surface area contributed by atoms with Gasteiger partial charge in [0.05, 0.1) is 0 Å². The van der Waals surface area contributed by atoms with Crippen molar-refractivity contribution in [1.82, 2.24) is 5.32 Å². The van der Waals surface area contributed by atoms with E-state index in [1.54, 1.807) is 0 Å². The Hall–Kier alpha value is -1.22. The second-order valence-corrected chi connectivity index (χ2v) is 6.19. The van der Waals surface area contributed by atoms with E-state index in [9.17, 15) is 5.11 Å². The summed E-state index contributed by atoms with van der Waals surface area (Å²) in [6, 6.07) is 6.84. The molecule has 1 fully saturated rings. The van der Waals surface area contributed by atoms with Crippen LogP contribution >= 0.6 is 0 Å². The summed E-state index contributed by atoms with van der Waals surface area (Å²) in [5.74, 6) is 1.12. The number of nitrogens with zero attached hydrogens (tertiary/aromatic N) is 1. The zero-order valence-corrected chi connectivity index (χ0v) is 13.2. The van der Waals surface area contributed by atoms with Gasteiger partial charge in [-0.15, -0.1) is 0 Å². The van der Waals surface area contributed by atoms with E-state index < -0.39 is 0 Å². The van der Waals surface area contributed by atoms with E-state index in [1.165, 1.54) is 25.7 Å². The maximum atomic E-state index is 10.2. The number of hydrogen-bond donors (Lipinski definition) is 2. The van der Waals surface area contributed by atoms with Crippen molar-refractivity contribution < 1.29 is 5.11 Å². The number of nitrogens with one attached hydrogen (secondary N) is 1. The Balaban J connectivity index is 2.18. The lowest BCUT2D eigenvalue weighted by molar-refractivity contribution is 0.321. The van der Waals surface area contributed by atoms with Crippen LogP contribution in [-0.2, 0) is 0 Å². The van der Waals surface area contributed by atoms with Crippen molar-refractivity contribution in [2.45, 2.75) is 51.6 Å². The van der Waals surface area contributed by atoms with Crippen LogP contribution in [0.4, 0.5) is 5.69 Å². The van der Waals surface area contributed by atoms with E-state index in [2.05, 4.69) is 37.2 Å². The minimum atomic E-state index is 0.169. The highest BCUT2D eigenvalue weighted by Gasteiger charge is 2.25. The van der Waals surface area contributed by atoms with Crippen molar-refractivity contribution in [2.75, 3.05) is 19.0 Å². The zero-order valence-electron chi connectivity index (χ0n) is 13.2. The minimum absolute atomic E-state index is 0.169. The summed E-state index contributed by atoms with van der Waals surface area (Å²) >= 11 is 0. The van der Waals surface area contributed by atoms with Gasteiger partial charge >= 0.3 is 0 Å². The highest BCUT2D eigenvalue weighted by molar-refractivity contribution is 5.54. The van der Waals surface area contributed by atoms with E-state index in [0.717, 1.165) is 17.2 Å². The van der Waals surface area contributed by atoms with Gasteiger partial charge in [-0.25, -0.2) is 0 Å². The molecule has 0 aliphatic heterocycles. The second kappa shape index (κ2) is 6.49. The average Bonchev–Trinajstić information content (AvgIpc) is 2.46. The molecule has 3 heteroatoms. The number of anilines is 1. The van der Waals surface area contributed by atoms with Crippen LogP contribution in [0.25, 0.3) is 0 Å². The molecular weight excluding hydrogens is 248 g/mol. The Kier molecular flexibility index (Phi) is 4.92. The van der Waals surface area contributed by atoms with Crippen LogP contribution in [0, 0.1) is 5.92 Å². The Morgan fingerprint density at radius 2 is 2.00 bits per heavy atom. The number of phenolic OH excluding ortho intramolecular Hbond substituents is 1. The number of benzene rings is 1. The first-order valence-electron chi connectivity index (χ1n) is 7.77. The largest absolute Gasteiger partial charge is 0.508 e. The Morgan fingerprint density at radius 3 is 2.60 bits per heavy atom. The predicted octanol–water partition coefficient (Wildman–Crippen LogP) is 3.69. The molecule has 112 valence electrons. The summed E-state index contributed by atoms with van der Waals surface area (Å²) in [5, 5.41) is 13.4. The van der Waals surface area contributed by atoms with Crippen LogP contribution < -0.4 is 10.2 Å². The van der Waals surface area contributed by atoms with E-state index in [4.69, 9.17) is 0 Å². The molecule has 1 aliphatic carbocycles. The lowest BCUT2D eigenvalue weighted by Gasteiger charge is -2.38. The molecular formula is C17H28N2O. The molecule has 1 aromatic carbocycles. The van der Waals surface area contributed by atoms with Gasteiger partial charge in [-0.2, -0.15) is 0 Å². The molecule has 1 saturated carbocycles. The lowest BCUT2D eigenvalue weighted by atomic mass is 9.85. The molecule has 0 amide bonds. The quantitative estimate of drug-likeness (QED) is 0.880. The molecule has 0 heterocycles. The third-order valence-electron chi connectivity index (χ3n) is 4.88. The van der Waals surface area contributed by atoms with Gasteiger partial charge < -0.3 is 15.3 Å². The average molecular weight is 276 g/mol. The molecule has 3 atom stereocenters. The van der Waals surface area contributed by atoms with Crippen molar-refractivity contribution in [3.63, 3.8) is 0 Å². The summed E-state index contributed by atoms with van der Waals surface area (Å²) < 4.78 is 0. The van der Waals surface area contributed by atoms with Crippen LogP contribution in [0.3, 0.4) is 0 Å². The van der Waals surface area contributed by atoms with Gasteiger partial charge in [0.25, 0.3) is 0 Å². The minimum Gasteiger partial charge on any atom is -0.508 e. The summed E-state index contributed by atoms with van der Waals surface area (Å²) in [6.07, 6.45) is 5.25. The highest BCUT2D eigenvalue weighted by Crippen LogP contribution is 2.33. The molecule has 1 aromatic rings. The first-order chi connectivity index (χ1) is 9.54. The maximum Gasteiger partial charge on any atom is 0.122 e. The molecule has 20 heavy (non-hydrogen) atoms. The van der Waals surface area contributed by atoms with Crippen molar-refractivity contribution in [1.29, 1.82) is 0 Å². The topological polar surface area (TPSA) is 35.5 Å². The Labute approximate surface area is 123 Å². The van der Waals surface area contributed by atoms with Gasteiger partial charge in [-0.3, -0.25) is 0 Å². The fraction of sp³-hybridized carbons (Fsp3) is 0.647. The molecule has 0 bridgehead atoms. The second-order valence-electron chi connectivity index (χ2n) is 6.19. The molecule has 2 N–H and O–H groups in total. The number of hydrogen-bond acceptors (Lipinski definition) is 3. The van der Waals surface area contributed by atoms with E-state index in [-0.39, 0.29) is 6.04 Å². The standard InChI is InChI=1S/C17H28N2O/c1-12-7-5-6-8-16(12)19(4)14-9-10-15(13(2)18-3)17(20)11-14/h9-13,16,18,20H,5-8H2,1-4H3. The van der Waals surface area contributed by atoms with Gasteiger partial charge in [-0.1, -0.05) is 25.8 Å². The van der Waals surface area contributed by atoms with Crippen LogP contribution in [0.15, 0.2) is 18.2 Å². The molecule has 1 aliphatic rings. The third kappa shape index (κ3) is 3.09. The molecule has 0 saturated heterocycles. The fourth-order valence-electron chi connectivity index (χ4n) is 3.34. The molecule has 3 nitrogen and oxygen atoms in total. The van der Waals surface area contributed by atoms with Gasteiger partial charge in [0.2, 0.25) is 0 Å². The van der Waals surface area contributed by atoms with Crippen LogP contribution in [0.5, 0.6) is 5.75 Å². The number of aromatic hydroxyl groups is 1. The summed E-state index contributed by atoms with van der Waals surface area (Å²) in [4.78, 5) is 2.34. The van der Waals surface area contributed by atoms with Crippen molar-refractivity contribution in [2.24, 2.45) is 5.92 Å². The molecule has 0 radical (unpaired) electrons. The Morgan fingerprint density at radius 1 is 1.30 bits per heavy atom. The normalized spacial score (nSPS) is 24.4. The number of phenols is 1. The summed E-state index contributed by atoms with van der Waals surface area (Å²) in [6.45, 7) is 4.40. The Bertz CT molecular complexity index is 447. The van der Waals surface area contributed by atoms with E-state index in [1.807, 2.05) is 19.2 Å². The molecule has 0 aromatic heterocycles. The SMILES string of the molecule is CNC(C)c1ccc(N(C)C2CCCCC2C)cc1O. The van der Waals surface area contributed by atoms with Crippen molar-refractivity contribution in [3.8, 4) is 5.75 Å². The van der Waals surface area contributed by atoms with Gasteiger partial charge in [0.15, 0.2) is 0 Å². The van der Waals surface area contributed by atoms with Crippen LogP contribution in [0.2, 0.25) is 0 Å². The third-order valence-corrected chi connectivity index (χ3v) is 4.88. The van der Waals surface area contributed by atoms with Crippen molar-refractivity contribution in [3.05, 3.63) is 23.8 Å². The fourth-order valence-corrected chi connectivity index (χ4v) is 3.34.